The average Bonchev–Trinajstić information content (AvgIpc) is 3.63. The van der Waals surface area contributed by atoms with Crippen molar-refractivity contribution in [2.45, 2.75) is 0 Å². The van der Waals surface area contributed by atoms with Gasteiger partial charge >= 0.3 is 0 Å². The Morgan fingerprint density at radius 1 is 0.315 bits per heavy atom. The lowest BCUT2D eigenvalue weighted by atomic mass is 9.90. The summed E-state index contributed by atoms with van der Waals surface area (Å²) in [5.41, 5.74) is 9.95. The Labute approximate surface area is 312 Å². The van der Waals surface area contributed by atoms with Crippen molar-refractivity contribution in [2.75, 3.05) is 4.90 Å². The van der Waals surface area contributed by atoms with Gasteiger partial charge in [-0.2, -0.15) is 0 Å². The molecule has 0 aliphatic heterocycles. The number of hydrogen-bond acceptors (Lipinski definition) is 2. The molecule has 2 heteroatoms. The molecule has 252 valence electrons. The minimum atomic E-state index is 0.894. The van der Waals surface area contributed by atoms with Crippen molar-refractivity contribution in [2.24, 2.45) is 0 Å². The largest absolute Gasteiger partial charge is 0.455 e. The maximum atomic E-state index is 6.56. The van der Waals surface area contributed by atoms with Gasteiger partial charge in [-0.05, 0) is 85.6 Å². The van der Waals surface area contributed by atoms with Crippen LogP contribution in [0.25, 0.3) is 87.3 Å². The third kappa shape index (κ3) is 4.74. The molecule has 11 aromatic rings. The number of anilines is 3. The van der Waals surface area contributed by atoms with Gasteiger partial charge in [0.05, 0.1) is 11.4 Å². The molecule has 0 aliphatic carbocycles. The molecule has 1 heterocycles. The van der Waals surface area contributed by atoms with E-state index in [1.807, 2.05) is 6.07 Å². The smallest absolute Gasteiger partial charge is 0.143 e. The van der Waals surface area contributed by atoms with Gasteiger partial charge in [0, 0.05) is 32.6 Å². The van der Waals surface area contributed by atoms with Crippen LogP contribution in [0.2, 0.25) is 0 Å². The molecule has 0 atom stereocenters. The molecule has 0 unspecified atom stereocenters. The van der Waals surface area contributed by atoms with Crippen LogP contribution in [0.4, 0.5) is 17.1 Å². The summed E-state index contributed by atoms with van der Waals surface area (Å²) in [4.78, 5) is 2.45. The van der Waals surface area contributed by atoms with Gasteiger partial charge in [0.25, 0.3) is 0 Å². The van der Waals surface area contributed by atoms with Crippen LogP contribution < -0.4 is 4.90 Å². The van der Waals surface area contributed by atoms with Crippen molar-refractivity contribution in [1.82, 2.24) is 0 Å². The predicted molar refractivity (Wildman–Crippen MR) is 229 cm³/mol. The molecule has 0 saturated carbocycles. The van der Waals surface area contributed by atoms with Crippen LogP contribution in [0.1, 0.15) is 0 Å². The third-order valence-corrected chi connectivity index (χ3v) is 11.0. The first-order chi connectivity index (χ1) is 26.8. The fraction of sp³-hybridized carbons (Fsp3) is 0. The molecular formula is C52H33NO. The van der Waals surface area contributed by atoms with E-state index in [1.54, 1.807) is 0 Å². The standard InChI is InChI=1S/C52H33NO/c1-2-14-34(15-3-1)35-26-28-37(29-27-35)53(50-33-48-45-23-12-13-25-51(45)54-52(48)46-24-11-10-22-44(46)50)49-31-30-42(40-19-8-9-21-43(40)49)47-32-36-16-4-5-17-38(36)39-18-6-7-20-41(39)47/h1-33H. The van der Waals surface area contributed by atoms with E-state index in [2.05, 4.69) is 199 Å². The van der Waals surface area contributed by atoms with Gasteiger partial charge in [-0.3, -0.25) is 0 Å². The van der Waals surface area contributed by atoms with Crippen LogP contribution in [0.3, 0.4) is 0 Å². The number of rotatable bonds is 5. The summed E-state index contributed by atoms with van der Waals surface area (Å²) in [6, 6.07) is 72.3. The van der Waals surface area contributed by atoms with E-state index in [-0.39, 0.29) is 0 Å². The summed E-state index contributed by atoms with van der Waals surface area (Å²) in [6.45, 7) is 0. The molecular weight excluding hydrogens is 655 g/mol. The van der Waals surface area contributed by atoms with Gasteiger partial charge in [-0.1, -0.05) is 164 Å². The Balaban J connectivity index is 1.20. The third-order valence-electron chi connectivity index (χ3n) is 11.0. The molecule has 0 fully saturated rings. The number of fused-ring (bicyclic) bond motifs is 9. The van der Waals surface area contributed by atoms with E-state index in [1.165, 1.54) is 54.6 Å². The van der Waals surface area contributed by atoms with Crippen molar-refractivity contribution in [3.05, 3.63) is 200 Å². The lowest BCUT2D eigenvalue weighted by molar-refractivity contribution is 0.672. The highest BCUT2D eigenvalue weighted by atomic mass is 16.3. The molecule has 54 heavy (non-hydrogen) atoms. The monoisotopic (exact) mass is 687 g/mol. The topological polar surface area (TPSA) is 16.4 Å². The first-order valence-electron chi connectivity index (χ1n) is 18.5. The first-order valence-corrected chi connectivity index (χ1v) is 18.5. The van der Waals surface area contributed by atoms with Crippen LogP contribution >= 0.6 is 0 Å². The molecule has 0 N–H and O–H groups in total. The summed E-state index contributed by atoms with van der Waals surface area (Å²) in [6.07, 6.45) is 0. The molecule has 11 rings (SSSR count). The van der Waals surface area contributed by atoms with Crippen LogP contribution in [0.5, 0.6) is 0 Å². The Bertz CT molecular complexity index is 3210. The number of hydrogen-bond donors (Lipinski definition) is 0. The second-order valence-electron chi connectivity index (χ2n) is 14.0. The summed E-state index contributed by atoms with van der Waals surface area (Å²) < 4.78 is 6.56. The van der Waals surface area contributed by atoms with Crippen LogP contribution in [0, 0.1) is 0 Å². The Morgan fingerprint density at radius 3 is 1.63 bits per heavy atom. The fourth-order valence-electron chi connectivity index (χ4n) is 8.54. The van der Waals surface area contributed by atoms with Gasteiger partial charge in [0.2, 0.25) is 0 Å². The Kier molecular flexibility index (Phi) is 6.90. The van der Waals surface area contributed by atoms with Gasteiger partial charge in [0.1, 0.15) is 11.2 Å². The van der Waals surface area contributed by atoms with Gasteiger partial charge in [0.15, 0.2) is 0 Å². The van der Waals surface area contributed by atoms with Crippen LogP contribution in [-0.2, 0) is 0 Å². The highest BCUT2D eigenvalue weighted by Crippen LogP contribution is 2.48. The van der Waals surface area contributed by atoms with Crippen molar-refractivity contribution in [3.8, 4) is 22.3 Å². The maximum absolute atomic E-state index is 6.56. The van der Waals surface area contributed by atoms with E-state index < -0.39 is 0 Å². The molecule has 10 aromatic carbocycles. The summed E-state index contributed by atoms with van der Waals surface area (Å²) in [5, 5.41) is 11.9. The van der Waals surface area contributed by atoms with E-state index in [9.17, 15) is 0 Å². The molecule has 2 nitrogen and oxygen atoms in total. The summed E-state index contributed by atoms with van der Waals surface area (Å²) in [5.74, 6) is 0. The SMILES string of the molecule is c1ccc(-c2ccc(N(c3ccc(-c4cc5ccccc5c5ccccc45)c4ccccc34)c3cc4c5ccccc5oc4c4ccccc34)cc2)cc1. The lowest BCUT2D eigenvalue weighted by Crippen LogP contribution is -2.11. The summed E-state index contributed by atoms with van der Waals surface area (Å²) in [7, 11) is 0. The van der Waals surface area contributed by atoms with Crippen LogP contribution in [-0.4, -0.2) is 0 Å². The van der Waals surface area contributed by atoms with E-state index >= 15 is 0 Å². The fourth-order valence-corrected chi connectivity index (χ4v) is 8.54. The van der Waals surface area contributed by atoms with Crippen LogP contribution in [0.15, 0.2) is 205 Å². The second kappa shape index (κ2) is 12.2. The van der Waals surface area contributed by atoms with Crippen molar-refractivity contribution >= 4 is 82.1 Å². The van der Waals surface area contributed by atoms with Crippen molar-refractivity contribution < 1.29 is 4.42 Å². The highest BCUT2D eigenvalue weighted by Gasteiger charge is 2.23. The van der Waals surface area contributed by atoms with Crippen molar-refractivity contribution in [3.63, 3.8) is 0 Å². The minimum Gasteiger partial charge on any atom is -0.455 e. The van der Waals surface area contributed by atoms with E-state index in [0.717, 1.165) is 49.8 Å². The first kappa shape index (κ1) is 30.5. The average molecular weight is 688 g/mol. The number of benzene rings is 10. The zero-order valence-electron chi connectivity index (χ0n) is 29.4. The molecule has 1 aromatic heterocycles. The quantitative estimate of drug-likeness (QED) is 0.168. The lowest BCUT2D eigenvalue weighted by Gasteiger charge is -2.29. The normalized spacial score (nSPS) is 11.7. The molecule has 0 radical (unpaired) electrons. The van der Waals surface area contributed by atoms with Crippen molar-refractivity contribution in [1.29, 1.82) is 0 Å². The molecule has 0 spiro atoms. The number of nitrogens with zero attached hydrogens (tertiary/aromatic N) is 1. The van der Waals surface area contributed by atoms with Gasteiger partial charge in [-0.15, -0.1) is 0 Å². The van der Waals surface area contributed by atoms with Gasteiger partial charge in [-0.25, -0.2) is 0 Å². The zero-order valence-corrected chi connectivity index (χ0v) is 29.4. The molecule has 0 saturated heterocycles. The zero-order chi connectivity index (χ0) is 35.6. The number of para-hydroxylation sites is 1. The maximum Gasteiger partial charge on any atom is 0.143 e. The molecule has 0 bridgehead atoms. The highest BCUT2D eigenvalue weighted by molar-refractivity contribution is 6.21. The number of furan rings is 1. The Morgan fingerprint density at radius 2 is 0.870 bits per heavy atom. The van der Waals surface area contributed by atoms with Gasteiger partial charge < -0.3 is 9.32 Å². The Hall–Kier alpha value is -7.16. The minimum absolute atomic E-state index is 0.894. The summed E-state index contributed by atoms with van der Waals surface area (Å²) >= 11 is 0. The molecule has 0 aliphatic rings. The second-order valence-corrected chi connectivity index (χ2v) is 14.0. The predicted octanol–water partition coefficient (Wildman–Crippen LogP) is 15.0. The van der Waals surface area contributed by atoms with E-state index in [4.69, 9.17) is 4.42 Å². The molecule has 0 amide bonds. The van der Waals surface area contributed by atoms with E-state index in [0.29, 0.717) is 0 Å².